The summed E-state index contributed by atoms with van der Waals surface area (Å²) in [5.41, 5.74) is 0.488. The molecule has 0 bridgehead atoms. The van der Waals surface area contributed by atoms with Gasteiger partial charge in [0.05, 0.1) is 0 Å². The van der Waals surface area contributed by atoms with E-state index in [-0.39, 0.29) is 5.91 Å². The van der Waals surface area contributed by atoms with Crippen molar-refractivity contribution >= 4 is 11.9 Å². The third kappa shape index (κ3) is 2.34. The van der Waals surface area contributed by atoms with Crippen molar-refractivity contribution in [3.8, 4) is 0 Å². The van der Waals surface area contributed by atoms with Crippen LogP contribution in [0.2, 0.25) is 0 Å². The fraction of sp³-hybridized carbons (Fsp3) is 0.600. The Morgan fingerprint density at radius 3 is 2.50 bits per heavy atom. The lowest BCUT2D eigenvalue weighted by atomic mass is 9.96. The van der Waals surface area contributed by atoms with E-state index in [1.165, 1.54) is 5.57 Å². The van der Waals surface area contributed by atoms with Gasteiger partial charge >= 0.3 is 6.03 Å². The molecule has 1 atom stereocenters. The van der Waals surface area contributed by atoms with Crippen LogP contribution in [0.15, 0.2) is 11.6 Å². The molecule has 1 aliphatic heterocycles. The zero-order valence-corrected chi connectivity index (χ0v) is 8.81. The Bertz CT molecular complexity index is 292. The van der Waals surface area contributed by atoms with Gasteiger partial charge < -0.3 is 5.32 Å². The van der Waals surface area contributed by atoms with Crippen molar-refractivity contribution in [3.63, 3.8) is 0 Å². The van der Waals surface area contributed by atoms with E-state index in [1.807, 2.05) is 13.8 Å². The number of nitrogens with one attached hydrogen (secondary N) is 2. The van der Waals surface area contributed by atoms with Crippen LogP contribution in [0.4, 0.5) is 4.79 Å². The van der Waals surface area contributed by atoms with Crippen LogP contribution in [0.3, 0.4) is 0 Å². The first-order chi connectivity index (χ1) is 6.44. The topological polar surface area (TPSA) is 58.2 Å². The van der Waals surface area contributed by atoms with Gasteiger partial charge in [-0.05, 0) is 33.6 Å². The van der Waals surface area contributed by atoms with Crippen molar-refractivity contribution < 1.29 is 9.59 Å². The number of allylic oxidation sites excluding steroid dienone is 2. The number of hydrogen-bond acceptors (Lipinski definition) is 2. The first kappa shape index (κ1) is 10.8. The number of imide groups is 1. The molecule has 0 aromatic rings. The maximum atomic E-state index is 11.4. The lowest BCUT2D eigenvalue weighted by Crippen LogP contribution is -2.43. The highest BCUT2D eigenvalue weighted by Gasteiger charge is 2.40. The molecular formula is C10H16N2O2. The summed E-state index contributed by atoms with van der Waals surface area (Å²) in [6.07, 6.45) is 3.49. The molecule has 1 fully saturated rings. The lowest BCUT2D eigenvalue weighted by molar-refractivity contribution is -0.123. The molecule has 0 spiro atoms. The van der Waals surface area contributed by atoms with Crippen LogP contribution in [-0.4, -0.2) is 17.5 Å². The summed E-state index contributed by atoms with van der Waals surface area (Å²) >= 11 is 0. The van der Waals surface area contributed by atoms with Crippen molar-refractivity contribution in [2.45, 2.75) is 39.2 Å². The molecule has 0 radical (unpaired) electrons. The Kier molecular flexibility index (Phi) is 2.93. The summed E-state index contributed by atoms with van der Waals surface area (Å²) in [6.45, 7) is 5.76. The molecule has 2 N–H and O–H groups in total. The SMILES string of the molecule is CC(C)=CCC[C@@]1(C)NC(=O)NC1=O. The van der Waals surface area contributed by atoms with Gasteiger partial charge in [-0.3, -0.25) is 10.1 Å². The molecule has 1 saturated heterocycles. The highest BCUT2D eigenvalue weighted by molar-refractivity contribution is 6.06. The van der Waals surface area contributed by atoms with Gasteiger partial charge in [-0.15, -0.1) is 0 Å². The molecule has 0 saturated carbocycles. The van der Waals surface area contributed by atoms with Gasteiger partial charge in [0.2, 0.25) is 0 Å². The van der Waals surface area contributed by atoms with E-state index in [1.54, 1.807) is 6.92 Å². The molecule has 78 valence electrons. The Hall–Kier alpha value is -1.32. The highest BCUT2D eigenvalue weighted by Crippen LogP contribution is 2.17. The number of amides is 3. The van der Waals surface area contributed by atoms with Crippen LogP contribution < -0.4 is 10.6 Å². The second kappa shape index (κ2) is 3.82. The summed E-state index contributed by atoms with van der Waals surface area (Å²) < 4.78 is 0. The van der Waals surface area contributed by atoms with Gasteiger partial charge in [0.1, 0.15) is 5.54 Å². The van der Waals surface area contributed by atoms with Crippen LogP contribution in [0.1, 0.15) is 33.6 Å². The van der Waals surface area contributed by atoms with Crippen LogP contribution in [0, 0.1) is 0 Å². The number of hydrogen-bond donors (Lipinski definition) is 2. The zero-order chi connectivity index (χ0) is 10.8. The van der Waals surface area contributed by atoms with Crippen LogP contribution in [-0.2, 0) is 4.79 Å². The molecule has 1 aliphatic rings. The first-order valence-corrected chi connectivity index (χ1v) is 4.71. The Balaban J connectivity index is 2.55. The molecule has 0 aromatic carbocycles. The van der Waals surface area contributed by atoms with Gasteiger partial charge in [0, 0.05) is 0 Å². The lowest BCUT2D eigenvalue weighted by Gasteiger charge is -2.19. The Morgan fingerprint density at radius 1 is 1.43 bits per heavy atom. The number of carbonyl (C=O) groups is 2. The summed E-state index contributed by atoms with van der Waals surface area (Å²) in [5, 5.41) is 4.86. The fourth-order valence-corrected chi connectivity index (χ4v) is 1.41. The van der Waals surface area contributed by atoms with Gasteiger partial charge in [-0.2, -0.15) is 0 Å². The third-order valence-corrected chi connectivity index (χ3v) is 2.31. The Labute approximate surface area is 83.8 Å². The van der Waals surface area contributed by atoms with E-state index in [0.717, 1.165) is 6.42 Å². The van der Waals surface area contributed by atoms with Gasteiger partial charge in [0.15, 0.2) is 0 Å². The van der Waals surface area contributed by atoms with Crippen LogP contribution in [0.25, 0.3) is 0 Å². The van der Waals surface area contributed by atoms with E-state index in [0.29, 0.717) is 6.42 Å². The molecule has 1 rings (SSSR count). The number of carbonyl (C=O) groups excluding carboxylic acids is 2. The van der Waals surface area contributed by atoms with Crippen molar-refractivity contribution in [1.29, 1.82) is 0 Å². The molecular weight excluding hydrogens is 180 g/mol. The van der Waals surface area contributed by atoms with E-state index in [9.17, 15) is 9.59 Å². The average Bonchev–Trinajstić information content (AvgIpc) is 2.25. The minimum absolute atomic E-state index is 0.232. The van der Waals surface area contributed by atoms with Gasteiger partial charge in [-0.1, -0.05) is 11.6 Å². The predicted octanol–water partition coefficient (Wildman–Crippen LogP) is 1.33. The van der Waals surface area contributed by atoms with Crippen molar-refractivity contribution in [3.05, 3.63) is 11.6 Å². The van der Waals surface area contributed by atoms with Gasteiger partial charge in [0.25, 0.3) is 5.91 Å². The van der Waals surface area contributed by atoms with Crippen molar-refractivity contribution in [2.75, 3.05) is 0 Å². The largest absolute Gasteiger partial charge is 0.324 e. The molecule has 14 heavy (non-hydrogen) atoms. The normalized spacial score (nSPS) is 25.6. The summed E-state index contributed by atoms with van der Waals surface area (Å²) in [4.78, 5) is 22.3. The molecule has 4 nitrogen and oxygen atoms in total. The predicted molar refractivity (Wildman–Crippen MR) is 53.7 cm³/mol. The number of rotatable bonds is 3. The van der Waals surface area contributed by atoms with E-state index < -0.39 is 11.6 Å². The monoisotopic (exact) mass is 196 g/mol. The zero-order valence-electron chi connectivity index (χ0n) is 8.81. The fourth-order valence-electron chi connectivity index (χ4n) is 1.41. The maximum Gasteiger partial charge on any atom is 0.322 e. The molecule has 0 unspecified atom stereocenters. The quantitative estimate of drug-likeness (QED) is 0.528. The molecule has 4 heteroatoms. The van der Waals surface area contributed by atoms with Crippen LogP contribution in [0.5, 0.6) is 0 Å². The molecule has 1 heterocycles. The van der Waals surface area contributed by atoms with E-state index in [2.05, 4.69) is 16.7 Å². The molecule has 0 aromatic heterocycles. The van der Waals surface area contributed by atoms with Crippen molar-refractivity contribution in [2.24, 2.45) is 0 Å². The molecule has 3 amide bonds. The standard InChI is InChI=1S/C10H16N2O2/c1-7(2)5-4-6-10(3)8(13)11-9(14)12-10/h5H,4,6H2,1-3H3,(H2,11,12,13,14)/t10-/m1/s1. The van der Waals surface area contributed by atoms with Gasteiger partial charge in [-0.25, -0.2) is 4.79 Å². The third-order valence-electron chi connectivity index (χ3n) is 2.31. The summed E-state index contributed by atoms with van der Waals surface area (Å²) in [7, 11) is 0. The second-order valence-electron chi connectivity index (χ2n) is 4.06. The Morgan fingerprint density at radius 2 is 2.07 bits per heavy atom. The minimum Gasteiger partial charge on any atom is -0.324 e. The first-order valence-electron chi connectivity index (χ1n) is 4.71. The maximum absolute atomic E-state index is 11.4. The summed E-state index contributed by atoms with van der Waals surface area (Å²) in [6, 6.07) is -0.394. The molecule has 0 aliphatic carbocycles. The summed E-state index contributed by atoms with van der Waals surface area (Å²) in [5.74, 6) is -0.232. The smallest absolute Gasteiger partial charge is 0.322 e. The minimum atomic E-state index is -0.733. The second-order valence-corrected chi connectivity index (χ2v) is 4.06. The van der Waals surface area contributed by atoms with E-state index in [4.69, 9.17) is 0 Å². The average molecular weight is 196 g/mol. The van der Waals surface area contributed by atoms with E-state index >= 15 is 0 Å². The number of urea groups is 1. The highest BCUT2D eigenvalue weighted by atomic mass is 16.2. The van der Waals surface area contributed by atoms with Crippen molar-refractivity contribution in [1.82, 2.24) is 10.6 Å². The van der Waals surface area contributed by atoms with Crippen LogP contribution >= 0.6 is 0 Å².